The molecule has 0 spiro atoms. The minimum absolute atomic E-state index is 0.204. The zero-order valence-electron chi connectivity index (χ0n) is 10.6. The largest absolute Gasteiger partial charge is 0.298 e. The van der Waals surface area contributed by atoms with Gasteiger partial charge in [0.15, 0.2) is 15.6 Å². The number of benzene rings is 1. The molecule has 1 aromatic rings. The Kier molecular flexibility index (Phi) is 3.77. The average molecular weight is 254 g/mol. The summed E-state index contributed by atoms with van der Waals surface area (Å²) >= 11 is 0. The molecule has 0 aliphatic carbocycles. The Morgan fingerprint density at radius 1 is 1.18 bits per heavy atom. The number of carbonyl (C=O) groups is 1. The molecule has 94 valence electrons. The molecular weight excluding hydrogens is 236 g/mol. The highest BCUT2D eigenvalue weighted by molar-refractivity contribution is 7.93. The molecule has 0 saturated carbocycles. The molecule has 0 amide bonds. The molecule has 17 heavy (non-hydrogen) atoms. The number of hydrogen-bond donors (Lipinski definition) is 0. The van der Waals surface area contributed by atoms with Crippen LogP contribution in [-0.4, -0.2) is 18.9 Å². The van der Waals surface area contributed by atoms with Crippen molar-refractivity contribution in [3.05, 3.63) is 29.8 Å². The van der Waals surface area contributed by atoms with E-state index in [0.29, 0.717) is 0 Å². The second-order valence-corrected chi connectivity index (χ2v) is 7.07. The number of ketones is 1. The van der Waals surface area contributed by atoms with E-state index in [2.05, 4.69) is 0 Å². The van der Waals surface area contributed by atoms with Crippen molar-refractivity contribution in [1.29, 1.82) is 0 Å². The van der Waals surface area contributed by atoms with E-state index in [0.717, 1.165) is 12.0 Å². The van der Waals surface area contributed by atoms with Gasteiger partial charge < -0.3 is 0 Å². The van der Waals surface area contributed by atoms with E-state index in [9.17, 15) is 13.2 Å². The summed E-state index contributed by atoms with van der Waals surface area (Å²) in [5.74, 6) is -0.350. The topological polar surface area (TPSA) is 51.2 Å². The molecule has 0 aliphatic heterocycles. The standard InChI is InChI=1S/C13H18O3S/c1-5-11-6-8-12(9-7-11)17(15,16)13(3,4)10(2)14/h6-9H,5H2,1-4H3. The van der Waals surface area contributed by atoms with E-state index in [1.165, 1.54) is 20.8 Å². The number of Topliss-reactive ketones (excluding diaryl/α,β-unsaturated/α-hetero) is 1. The van der Waals surface area contributed by atoms with Crippen LogP contribution in [-0.2, 0) is 21.1 Å². The number of hydrogen-bond acceptors (Lipinski definition) is 3. The van der Waals surface area contributed by atoms with Crippen molar-refractivity contribution >= 4 is 15.6 Å². The van der Waals surface area contributed by atoms with Crippen LogP contribution in [0.25, 0.3) is 0 Å². The zero-order valence-corrected chi connectivity index (χ0v) is 11.5. The van der Waals surface area contributed by atoms with E-state index < -0.39 is 14.6 Å². The van der Waals surface area contributed by atoms with Gasteiger partial charge in [-0.1, -0.05) is 19.1 Å². The lowest BCUT2D eigenvalue weighted by molar-refractivity contribution is -0.118. The van der Waals surface area contributed by atoms with Crippen molar-refractivity contribution in [2.24, 2.45) is 0 Å². The third-order valence-corrected chi connectivity index (χ3v) is 5.69. The van der Waals surface area contributed by atoms with Gasteiger partial charge in [-0.05, 0) is 44.9 Å². The first-order valence-electron chi connectivity index (χ1n) is 5.58. The van der Waals surface area contributed by atoms with Gasteiger partial charge in [-0.15, -0.1) is 0 Å². The highest BCUT2D eigenvalue weighted by Gasteiger charge is 2.39. The molecule has 0 bridgehead atoms. The molecule has 4 heteroatoms. The third kappa shape index (κ3) is 2.41. The Hall–Kier alpha value is -1.16. The second-order valence-electron chi connectivity index (χ2n) is 4.57. The fourth-order valence-electron chi connectivity index (χ4n) is 1.39. The quantitative estimate of drug-likeness (QED) is 0.829. The smallest absolute Gasteiger partial charge is 0.190 e. The van der Waals surface area contributed by atoms with E-state index >= 15 is 0 Å². The van der Waals surface area contributed by atoms with Crippen LogP contribution in [0.4, 0.5) is 0 Å². The first kappa shape index (κ1) is 13.9. The van der Waals surface area contributed by atoms with Crippen LogP contribution >= 0.6 is 0 Å². The van der Waals surface area contributed by atoms with Crippen molar-refractivity contribution in [3.8, 4) is 0 Å². The number of sulfone groups is 1. The summed E-state index contributed by atoms with van der Waals surface area (Å²) in [6.07, 6.45) is 0.858. The minimum atomic E-state index is -3.61. The first-order valence-corrected chi connectivity index (χ1v) is 7.06. The molecule has 0 heterocycles. The van der Waals surface area contributed by atoms with E-state index in [1.807, 2.05) is 6.92 Å². The maximum Gasteiger partial charge on any atom is 0.190 e. The number of rotatable bonds is 4. The summed E-state index contributed by atoms with van der Waals surface area (Å²) in [4.78, 5) is 11.6. The third-order valence-electron chi connectivity index (χ3n) is 3.16. The Bertz CT molecular complexity index is 510. The van der Waals surface area contributed by atoms with Crippen molar-refractivity contribution in [1.82, 2.24) is 0 Å². The van der Waals surface area contributed by atoms with Crippen LogP contribution in [0.1, 0.15) is 33.3 Å². The molecule has 0 atom stereocenters. The molecule has 0 unspecified atom stereocenters. The Balaban J connectivity index is 3.27. The van der Waals surface area contributed by atoms with Gasteiger partial charge in [-0.3, -0.25) is 4.79 Å². The van der Waals surface area contributed by atoms with Crippen LogP contribution in [0.15, 0.2) is 29.2 Å². The molecule has 0 N–H and O–H groups in total. The SMILES string of the molecule is CCc1ccc(S(=O)(=O)C(C)(C)C(C)=O)cc1. The Morgan fingerprint density at radius 2 is 1.65 bits per heavy atom. The monoisotopic (exact) mass is 254 g/mol. The fraction of sp³-hybridized carbons (Fsp3) is 0.462. The van der Waals surface area contributed by atoms with Crippen molar-refractivity contribution in [3.63, 3.8) is 0 Å². The number of carbonyl (C=O) groups excluding carboxylic acids is 1. The van der Waals surface area contributed by atoms with Crippen molar-refractivity contribution in [2.45, 2.75) is 43.8 Å². The molecule has 3 nitrogen and oxygen atoms in total. The molecule has 0 aromatic heterocycles. The van der Waals surface area contributed by atoms with Crippen LogP contribution in [0, 0.1) is 0 Å². The lowest BCUT2D eigenvalue weighted by Gasteiger charge is -2.21. The normalized spacial score (nSPS) is 12.5. The maximum atomic E-state index is 12.3. The maximum absolute atomic E-state index is 12.3. The van der Waals surface area contributed by atoms with Crippen LogP contribution in [0.2, 0.25) is 0 Å². The lowest BCUT2D eigenvalue weighted by atomic mass is 10.1. The fourth-order valence-corrected chi connectivity index (χ4v) is 2.85. The van der Waals surface area contributed by atoms with Crippen LogP contribution < -0.4 is 0 Å². The summed E-state index contributed by atoms with van der Waals surface area (Å²) in [6.45, 7) is 6.19. The molecule has 0 saturated heterocycles. The van der Waals surface area contributed by atoms with Gasteiger partial charge in [0, 0.05) is 0 Å². The van der Waals surface area contributed by atoms with Crippen molar-refractivity contribution < 1.29 is 13.2 Å². The highest BCUT2D eigenvalue weighted by atomic mass is 32.2. The van der Waals surface area contributed by atoms with Crippen LogP contribution in [0.3, 0.4) is 0 Å². The van der Waals surface area contributed by atoms with Crippen LogP contribution in [0.5, 0.6) is 0 Å². The van der Waals surface area contributed by atoms with Gasteiger partial charge in [0.2, 0.25) is 0 Å². The van der Waals surface area contributed by atoms with Gasteiger partial charge in [0.1, 0.15) is 4.75 Å². The van der Waals surface area contributed by atoms with Gasteiger partial charge in [0.25, 0.3) is 0 Å². The summed E-state index contributed by atoms with van der Waals surface area (Å²) in [5.41, 5.74) is 1.07. The highest BCUT2D eigenvalue weighted by Crippen LogP contribution is 2.26. The molecular formula is C13H18O3S. The predicted octanol–water partition coefficient (Wildman–Crippen LogP) is 2.39. The lowest BCUT2D eigenvalue weighted by Crippen LogP contribution is -2.39. The summed E-state index contributed by atoms with van der Waals surface area (Å²) in [7, 11) is -3.61. The first-order chi connectivity index (χ1) is 7.73. The zero-order chi connectivity index (χ0) is 13.3. The summed E-state index contributed by atoms with van der Waals surface area (Å²) < 4.78 is 23.2. The van der Waals surface area contributed by atoms with Gasteiger partial charge >= 0.3 is 0 Å². The average Bonchev–Trinajstić information content (AvgIpc) is 2.28. The van der Waals surface area contributed by atoms with E-state index in [1.54, 1.807) is 24.3 Å². The minimum Gasteiger partial charge on any atom is -0.298 e. The Morgan fingerprint density at radius 3 is 2.00 bits per heavy atom. The molecule has 0 aliphatic rings. The van der Waals surface area contributed by atoms with Crippen molar-refractivity contribution in [2.75, 3.05) is 0 Å². The summed E-state index contributed by atoms with van der Waals surface area (Å²) in [6, 6.07) is 6.70. The molecule has 1 rings (SSSR count). The molecule has 0 radical (unpaired) electrons. The summed E-state index contributed by atoms with van der Waals surface area (Å²) in [5, 5.41) is 0. The van der Waals surface area contributed by atoms with Gasteiger partial charge in [-0.25, -0.2) is 8.42 Å². The molecule has 0 fully saturated rings. The predicted molar refractivity (Wildman–Crippen MR) is 67.8 cm³/mol. The number of aryl methyl sites for hydroxylation is 1. The van der Waals surface area contributed by atoms with Gasteiger partial charge in [0.05, 0.1) is 4.90 Å². The Labute approximate surface area is 103 Å². The molecule has 1 aromatic carbocycles. The second kappa shape index (κ2) is 4.61. The van der Waals surface area contributed by atoms with Gasteiger partial charge in [-0.2, -0.15) is 0 Å². The van der Waals surface area contributed by atoms with E-state index in [4.69, 9.17) is 0 Å². The van der Waals surface area contributed by atoms with E-state index in [-0.39, 0.29) is 10.7 Å².